The van der Waals surface area contributed by atoms with E-state index in [-0.39, 0.29) is 51.5 Å². The van der Waals surface area contributed by atoms with Crippen LogP contribution in [-0.2, 0) is 11.8 Å². The predicted octanol–water partition coefficient (Wildman–Crippen LogP) is 4.84. The first-order valence-electron chi connectivity index (χ1n) is 10.9. The fraction of sp³-hybridized carbons (Fsp3) is 0.304. The number of rotatable bonds is 7. The van der Waals surface area contributed by atoms with Crippen LogP contribution in [-0.4, -0.2) is 37.7 Å². The summed E-state index contributed by atoms with van der Waals surface area (Å²) in [6.45, 7) is 1.86. The number of amides is 1. The summed E-state index contributed by atoms with van der Waals surface area (Å²) in [5, 5.41) is 10.0. The Morgan fingerprint density at radius 2 is 2.00 bits per heavy atom. The van der Waals surface area contributed by atoms with Gasteiger partial charge in [0.25, 0.3) is 6.43 Å². The molecule has 0 saturated heterocycles. The summed E-state index contributed by atoms with van der Waals surface area (Å²) in [5.41, 5.74) is 2.21. The van der Waals surface area contributed by atoms with Gasteiger partial charge in [0.15, 0.2) is 23.0 Å². The predicted molar refractivity (Wildman–Crippen MR) is 123 cm³/mol. The maximum absolute atomic E-state index is 15.4. The molecule has 1 aliphatic rings. The van der Waals surface area contributed by atoms with Gasteiger partial charge in [-0.1, -0.05) is 0 Å². The van der Waals surface area contributed by atoms with Gasteiger partial charge in [-0.3, -0.25) is 9.48 Å². The number of aryl methyl sites for hydroxylation is 2. The van der Waals surface area contributed by atoms with Crippen LogP contribution in [0.1, 0.15) is 30.8 Å². The molecule has 1 amide bonds. The fourth-order valence-corrected chi connectivity index (χ4v) is 3.73. The van der Waals surface area contributed by atoms with Crippen LogP contribution in [0.5, 0.6) is 5.75 Å². The number of aromatic amines is 1. The molecule has 0 unspecified atom stereocenters. The van der Waals surface area contributed by atoms with Gasteiger partial charge >= 0.3 is 0 Å². The van der Waals surface area contributed by atoms with Gasteiger partial charge in [0.2, 0.25) is 5.91 Å². The Bertz CT molecular complexity index is 1420. The van der Waals surface area contributed by atoms with Gasteiger partial charge in [0, 0.05) is 30.3 Å². The Morgan fingerprint density at radius 1 is 1.23 bits per heavy atom. The molecule has 1 fully saturated rings. The van der Waals surface area contributed by atoms with Crippen molar-refractivity contribution >= 4 is 34.3 Å². The molecule has 9 nitrogen and oxygen atoms in total. The highest BCUT2D eigenvalue weighted by Crippen LogP contribution is 2.38. The first-order valence-corrected chi connectivity index (χ1v) is 10.9. The van der Waals surface area contributed by atoms with E-state index in [1.807, 2.05) is 6.92 Å². The van der Waals surface area contributed by atoms with Crippen molar-refractivity contribution in [1.82, 2.24) is 24.7 Å². The van der Waals surface area contributed by atoms with Crippen molar-refractivity contribution in [2.75, 3.05) is 17.7 Å². The Balaban J connectivity index is 1.56. The second-order valence-electron chi connectivity index (χ2n) is 8.37. The molecule has 1 saturated carbocycles. The number of nitrogens with zero attached hydrogens (tertiary/aromatic N) is 4. The Labute approximate surface area is 197 Å². The van der Waals surface area contributed by atoms with E-state index in [0.29, 0.717) is 5.69 Å². The van der Waals surface area contributed by atoms with E-state index in [2.05, 4.69) is 30.7 Å². The van der Waals surface area contributed by atoms with Crippen LogP contribution >= 0.6 is 0 Å². The molecule has 0 radical (unpaired) electrons. The molecular formula is C23H22F3N7O2. The number of carbonyl (C=O) groups excluding carboxylic acids is 1. The number of ether oxygens (including phenoxy) is 1. The van der Waals surface area contributed by atoms with Crippen molar-refractivity contribution in [3.63, 3.8) is 0 Å². The fourth-order valence-electron chi connectivity index (χ4n) is 3.73. The lowest BCUT2D eigenvalue weighted by Crippen LogP contribution is -2.14. The number of anilines is 3. The van der Waals surface area contributed by atoms with Crippen molar-refractivity contribution in [1.29, 1.82) is 0 Å². The van der Waals surface area contributed by atoms with Crippen molar-refractivity contribution in [2.45, 2.75) is 26.2 Å². The van der Waals surface area contributed by atoms with Crippen LogP contribution in [0.25, 0.3) is 22.4 Å². The number of H-pyrrole nitrogens is 1. The van der Waals surface area contributed by atoms with E-state index in [0.717, 1.165) is 18.5 Å². The number of halogens is 3. The van der Waals surface area contributed by atoms with Crippen LogP contribution in [0.4, 0.5) is 30.4 Å². The monoisotopic (exact) mass is 485 g/mol. The van der Waals surface area contributed by atoms with Crippen LogP contribution in [0.3, 0.4) is 0 Å². The number of hydrogen-bond acceptors (Lipinski definition) is 6. The van der Waals surface area contributed by atoms with E-state index < -0.39 is 18.1 Å². The summed E-state index contributed by atoms with van der Waals surface area (Å²) in [6.07, 6.45) is -1.28. The van der Waals surface area contributed by atoms with Gasteiger partial charge in [0.05, 0.1) is 24.2 Å². The van der Waals surface area contributed by atoms with Crippen molar-refractivity contribution in [3.05, 3.63) is 41.6 Å². The average Bonchev–Trinajstić information content (AvgIpc) is 3.49. The highest BCUT2D eigenvalue weighted by Gasteiger charge is 2.30. The molecule has 5 rings (SSSR count). The highest BCUT2D eigenvalue weighted by molar-refractivity contribution is 5.97. The minimum absolute atomic E-state index is 0.0172. The van der Waals surface area contributed by atoms with E-state index in [1.54, 1.807) is 29.9 Å². The highest BCUT2D eigenvalue weighted by atomic mass is 19.3. The average molecular weight is 485 g/mol. The molecule has 3 N–H and O–H groups in total. The molecule has 4 aromatic rings. The largest absolute Gasteiger partial charge is 0.492 e. The molecule has 0 atom stereocenters. The molecule has 1 aromatic carbocycles. The minimum Gasteiger partial charge on any atom is -0.492 e. The van der Waals surface area contributed by atoms with Gasteiger partial charge in [-0.2, -0.15) is 5.10 Å². The topological polar surface area (TPSA) is 110 Å². The number of imidazole rings is 1. The maximum Gasteiger partial charge on any atom is 0.295 e. The van der Waals surface area contributed by atoms with Crippen LogP contribution in [0.15, 0.2) is 24.3 Å². The van der Waals surface area contributed by atoms with Gasteiger partial charge in [-0.25, -0.2) is 23.1 Å². The zero-order chi connectivity index (χ0) is 24.9. The lowest BCUT2D eigenvalue weighted by Gasteiger charge is -2.15. The number of benzene rings is 1. The zero-order valence-corrected chi connectivity index (χ0v) is 19.1. The van der Waals surface area contributed by atoms with Gasteiger partial charge in [-0.15, -0.1) is 0 Å². The first-order chi connectivity index (χ1) is 16.7. The number of carbonyl (C=O) groups is 1. The third kappa shape index (κ3) is 4.27. The zero-order valence-electron chi connectivity index (χ0n) is 19.1. The number of pyridine rings is 1. The molecule has 0 aliphatic heterocycles. The lowest BCUT2D eigenvalue weighted by atomic mass is 10.1. The first kappa shape index (κ1) is 22.7. The molecule has 1 aliphatic carbocycles. The van der Waals surface area contributed by atoms with Crippen LogP contribution in [0.2, 0.25) is 0 Å². The summed E-state index contributed by atoms with van der Waals surface area (Å²) < 4.78 is 49.0. The van der Waals surface area contributed by atoms with Crippen LogP contribution < -0.4 is 15.4 Å². The second-order valence-corrected chi connectivity index (χ2v) is 8.37. The molecule has 0 spiro atoms. The third-order valence-electron chi connectivity index (χ3n) is 5.85. The summed E-state index contributed by atoms with van der Waals surface area (Å²) in [5.74, 6) is -1.44. The van der Waals surface area contributed by atoms with Gasteiger partial charge in [-0.05, 0) is 38.0 Å². The number of fused-ring (bicyclic) bond motifs is 1. The number of hydrogen-bond donors (Lipinski definition) is 3. The van der Waals surface area contributed by atoms with Crippen LogP contribution in [0, 0.1) is 18.7 Å². The second kappa shape index (κ2) is 8.60. The number of alkyl halides is 2. The van der Waals surface area contributed by atoms with E-state index in [1.165, 1.54) is 13.2 Å². The summed E-state index contributed by atoms with van der Waals surface area (Å²) in [6, 6.07) is 6.38. The Kier molecular flexibility index (Phi) is 5.58. The SMILES string of the molecule is COc1c(Nc2cc(NC(=O)C3CC3)nc3nc(C(F)F)[nH]c23)ccc(-c2cc(C)n(C)n2)c1F. The standard InChI is InChI=1S/C23H22F3N7O2/c1-10-8-14(32-33(10)2)12-6-7-13(19(35-3)17(12)24)27-15-9-16(29-23(34)11-4-5-11)28-21-18(15)30-22(31-21)20(25)26/h6-9,11,20H,4-5H2,1-3H3,(H3,27,28,29,30,31,34). The lowest BCUT2D eigenvalue weighted by molar-refractivity contribution is -0.117. The van der Waals surface area contributed by atoms with E-state index in [4.69, 9.17) is 4.74 Å². The van der Waals surface area contributed by atoms with Crippen molar-refractivity contribution in [2.24, 2.45) is 13.0 Å². The third-order valence-corrected chi connectivity index (χ3v) is 5.85. The summed E-state index contributed by atoms with van der Waals surface area (Å²) in [4.78, 5) is 22.8. The molecule has 0 bridgehead atoms. The number of methoxy groups -OCH3 is 1. The smallest absolute Gasteiger partial charge is 0.295 e. The minimum atomic E-state index is -2.85. The molecule has 35 heavy (non-hydrogen) atoms. The quantitative estimate of drug-likeness (QED) is 0.345. The van der Waals surface area contributed by atoms with Gasteiger partial charge in [0.1, 0.15) is 11.3 Å². The maximum atomic E-state index is 15.4. The molecule has 12 heteroatoms. The van der Waals surface area contributed by atoms with Crippen molar-refractivity contribution in [3.8, 4) is 17.0 Å². The van der Waals surface area contributed by atoms with E-state index in [9.17, 15) is 13.6 Å². The molecule has 3 heterocycles. The van der Waals surface area contributed by atoms with Gasteiger partial charge < -0.3 is 20.4 Å². The number of aromatic nitrogens is 5. The molecular weight excluding hydrogens is 463 g/mol. The summed E-state index contributed by atoms with van der Waals surface area (Å²) >= 11 is 0. The number of nitrogens with one attached hydrogen (secondary N) is 3. The Morgan fingerprint density at radius 3 is 2.63 bits per heavy atom. The molecule has 3 aromatic heterocycles. The molecule has 182 valence electrons. The van der Waals surface area contributed by atoms with E-state index >= 15 is 4.39 Å². The van der Waals surface area contributed by atoms with Crippen molar-refractivity contribution < 1.29 is 22.7 Å². The summed E-state index contributed by atoms with van der Waals surface area (Å²) in [7, 11) is 3.09. The normalized spacial score (nSPS) is 13.5. The Hall–Kier alpha value is -4.09.